The van der Waals surface area contributed by atoms with Gasteiger partial charge < -0.3 is 15.6 Å². The van der Waals surface area contributed by atoms with E-state index in [1.165, 1.54) is 11.0 Å². The van der Waals surface area contributed by atoms with Crippen molar-refractivity contribution in [1.82, 2.24) is 9.88 Å². The van der Waals surface area contributed by atoms with Crippen molar-refractivity contribution in [3.8, 4) is 0 Å². The highest BCUT2D eigenvalue weighted by Gasteiger charge is 2.17. The van der Waals surface area contributed by atoms with Crippen LogP contribution in [0, 0.1) is 0 Å². The minimum absolute atomic E-state index is 0.0925. The minimum Gasteiger partial charge on any atom is -0.357 e. The van der Waals surface area contributed by atoms with Gasteiger partial charge in [0.1, 0.15) is 11.9 Å². The van der Waals surface area contributed by atoms with Crippen LogP contribution in [-0.4, -0.2) is 35.9 Å². The molecule has 1 heterocycles. The number of carbonyl (C=O) groups excluding carboxylic acids is 1. The standard InChI is InChI=1S/C10H15Cl2N5O/c1-5(10(18)17(2)3)14-8-6(11)4-7(12)9(15-8)16-13/h4-5H,13H2,1-3H3,(H2,14,15,16). The predicted octanol–water partition coefficient (Wildman–Crippen LogP) is 1.56. The number of hydrogen-bond donors (Lipinski definition) is 3. The van der Waals surface area contributed by atoms with Crippen LogP contribution in [0.25, 0.3) is 0 Å². The fraction of sp³-hybridized carbons (Fsp3) is 0.400. The third-order valence-electron chi connectivity index (χ3n) is 2.23. The number of nitrogen functional groups attached to an aromatic ring is 1. The van der Waals surface area contributed by atoms with E-state index in [9.17, 15) is 4.79 Å². The van der Waals surface area contributed by atoms with E-state index in [2.05, 4.69) is 15.7 Å². The van der Waals surface area contributed by atoms with Gasteiger partial charge in [-0.05, 0) is 13.0 Å². The topological polar surface area (TPSA) is 83.3 Å². The summed E-state index contributed by atoms with van der Waals surface area (Å²) in [7, 11) is 3.34. The zero-order chi connectivity index (χ0) is 13.9. The van der Waals surface area contributed by atoms with Gasteiger partial charge in [0.2, 0.25) is 5.91 Å². The molecule has 0 saturated carbocycles. The number of likely N-dealkylation sites (N-methyl/N-ethyl adjacent to an activating group) is 1. The zero-order valence-electron chi connectivity index (χ0n) is 10.3. The molecule has 4 N–H and O–H groups in total. The number of nitrogens with zero attached hydrogens (tertiary/aromatic N) is 2. The Balaban J connectivity index is 2.94. The van der Waals surface area contributed by atoms with Gasteiger partial charge in [-0.25, -0.2) is 10.8 Å². The number of pyridine rings is 1. The Kier molecular flexibility index (Phi) is 5.01. The maximum atomic E-state index is 11.7. The van der Waals surface area contributed by atoms with Crippen LogP contribution in [0.1, 0.15) is 6.92 Å². The molecule has 1 rings (SSSR count). The third-order valence-corrected chi connectivity index (χ3v) is 2.81. The zero-order valence-corrected chi connectivity index (χ0v) is 11.8. The maximum Gasteiger partial charge on any atom is 0.244 e. The molecular formula is C10H15Cl2N5O. The fourth-order valence-electron chi connectivity index (χ4n) is 1.32. The molecule has 100 valence electrons. The number of rotatable bonds is 4. The summed E-state index contributed by atoms with van der Waals surface area (Å²) in [4.78, 5) is 17.3. The van der Waals surface area contributed by atoms with E-state index >= 15 is 0 Å². The van der Waals surface area contributed by atoms with Crippen LogP contribution in [0.4, 0.5) is 11.6 Å². The summed E-state index contributed by atoms with van der Waals surface area (Å²) in [6.45, 7) is 1.71. The molecule has 0 fully saturated rings. The van der Waals surface area contributed by atoms with Gasteiger partial charge in [0.05, 0.1) is 10.0 Å². The first-order valence-electron chi connectivity index (χ1n) is 5.17. The number of hydrazine groups is 1. The molecule has 6 nitrogen and oxygen atoms in total. The molecule has 1 aromatic rings. The molecule has 0 aliphatic carbocycles. The Morgan fingerprint density at radius 2 is 1.94 bits per heavy atom. The van der Waals surface area contributed by atoms with Crippen LogP contribution in [0.15, 0.2) is 6.07 Å². The molecular weight excluding hydrogens is 277 g/mol. The quantitative estimate of drug-likeness (QED) is 0.579. The summed E-state index contributed by atoms with van der Waals surface area (Å²) >= 11 is 11.8. The summed E-state index contributed by atoms with van der Waals surface area (Å²) < 4.78 is 0. The van der Waals surface area contributed by atoms with E-state index in [1.807, 2.05) is 0 Å². The molecule has 1 atom stereocenters. The van der Waals surface area contributed by atoms with Crippen LogP contribution >= 0.6 is 23.2 Å². The fourth-order valence-corrected chi connectivity index (χ4v) is 1.79. The molecule has 1 unspecified atom stereocenters. The van der Waals surface area contributed by atoms with Crippen LogP contribution in [0.5, 0.6) is 0 Å². The first kappa shape index (κ1) is 14.8. The van der Waals surface area contributed by atoms with Crippen molar-refractivity contribution in [3.63, 3.8) is 0 Å². The second-order valence-electron chi connectivity index (χ2n) is 3.89. The highest BCUT2D eigenvalue weighted by atomic mass is 35.5. The SMILES string of the molecule is CC(Nc1nc(NN)c(Cl)cc1Cl)C(=O)N(C)C. The lowest BCUT2D eigenvalue weighted by Gasteiger charge is -2.19. The van der Waals surface area contributed by atoms with Gasteiger partial charge in [0.25, 0.3) is 0 Å². The highest BCUT2D eigenvalue weighted by molar-refractivity contribution is 6.37. The van der Waals surface area contributed by atoms with Gasteiger partial charge in [0, 0.05) is 14.1 Å². The lowest BCUT2D eigenvalue weighted by atomic mass is 10.3. The molecule has 0 radical (unpaired) electrons. The van der Waals surface area contributed by atoms with Crippen molar-refractivity contribution in [3.05, 3.63) is 16.1 Å². The first-order chi connectivity index (χ1) is 8.36. The number of amides is 1. The number of carbonyl (C=O) groups is 1. The smallest absolute Gasteiger partial charge is 0.244 e. The Labute approximate surface area is 115 Å². The summed E-state index contributed by atoms with van der Waals surface area (Å²) in [5, 5.41) is 3.53. The van der Waals surface area contributed by atoms with Crippen LogP contribution in [-0.2, 0) is 4.79 Å². The normalized spacial score (nSPS) is 11.9. The number of nitrogens with two attached hydrogens (primary N) is 1. The van der Waals surface area contributed by atoms with E-state index in [1.54, 1.807) is 21.0 Å². The second-order valence-corrected chi connectivity index (χ2v) is 4.71. The van der Waals surface area contributed by atoms with Crippen LogP contribution in [0.3, 0.4) is 0 Å². The molecule has 18 heavy (non-hydrogen) atoms. The Bertz CT molecular complexity index is 452. The molecule has 1 aromatic heterocycles. The number of aromatic nitrogens is 1. The molecule has 8 heteroatoms. The number of nitrogens with one attached hydrogen (secondary N) is 2. The summed E-state index contributed by atoms with van der Waals surface area (Å²) in [5.74, 6) is 5.80. The van der Waals surface area contributed by atoms with Crippen molar-refractivity contribution in [1.29, 1.82) is 0 Å². The van der Waals surface area contributed by atoms with Crippen molar-refractivity contribution in [2.24, 2.45) is 5.84 Å². The van der Waals surface area contributed by atoms with E-state index in [-0.39, 0.29) is 11.7 Å². The lowest BCUT2D eigenvalue weighted by Crippen LogP contribution is -2.37. The molecule has 0 aromatic carbocycles. The van der Waals surface area contributed by atoms with Gasteiger partial charge in [-0.3, -0.25) is 4.79 Å². The largest absolute Gasteiger partial charge is 0.357 e. The Morgan fingerprint density at radius 3 is 2.44 bits per heavy atom. The first-order valence-corrected chi connectivity index (χ1v) is 5.92. The number of halogens is 2. The maximum absolute atomic E-state index is 11.7. The van der Waals surface area contributed by atoms with Gasteiger partial charge in [-0.15, -0.1) is 0 Å². The highest BCUT2D eigenvalue weighted by Crippen LogP contribution is 2.29. The summed E-state index contributed by atoms with van der Waals surface area (Å²) in [6.07, 6.45) is 0. The molecule has 0 saturated heterocycles. The number of anilines is 2. The lowest BCUT2D eigenvalue weighted by molar-refractivity contribution is -0.129. The van der Waals surface area contributed by atoms with Gasteiger partial charge in [-0.2, -0.15) is 0 Å². The average Bonchev–Trinajstić information content (AvgIpc) is 2.31. The van der Waals surface area contributed by atoms with Crippen LogP contribution < -0.4 is 16.6 Å². The number of hydrogen-bond acceptors (Lipinski definition) is 5. The monoisotopic (exact) mass is 291 g/mol. The Morgan fingerprint density at radius 1 is 1.39 bits per heavy atom. The van der Waals surface area contributed by atoms with E-state index in [4.69, 9.17) is 29.0 Å². The third kappa shape index (κ3) is 3.38. The van der Waals surface area contributed by atoms with E-state index in [0.717, 1.165) is 0 Å². The van der Waals surface area contributed by atoms with Crippen molar-refractivity contribution in [2.45, 2.75) is 13.0 Å². The summed E-state index contributed by atoms with van der Waals surface area (Å²) in [5.41, 5.74) is 2.35. The second kappa shape index (κ2) is 6.08. The summed E-state index contributed by atoms with van der Waals surface area (Å²) in [6, 6.07) is 1.04. The van der Waals surface area contributed by atoms with Crippen LogP contribution in [0.2, 0.25) is 10.0 Å². The predicted molar refractivity (Wildman–Crippen MR) is 73.8 cm³/mol. The molecule has 0 spiro atoms. The van der Waals surface area contributed by atoms with Gasteiger partial charge in [-0.1, -0.05) is 23.2 Å². The van der Waals surface area contributed by atoms with Crippen molar-refractivity contribution in [2.75, 3.05) is 24.8 Å². The average molecular weight is 292 g/mol. The van der Waals surface area contributed by atoms with Gasteiger partial charge >= 0.3 is 0 Å². The van der Waals surface area contributed by atoms with Crippen molar-refractivity contribution < 1.29 is 4.79 Å². The van der Waals surface area contributed by atoms with Gasteiger partial charge in [0.15, 0.2) is 5.82 Å². The Hall–Kier alpha value is -1.24. The molecule has 0 aliphatic heterocycles. The van der Waals surface area contributed by atoms with E-state index in [0.29, 0.717) is 15.9 Å². The minimum atomic E-state index is -0.461. The molecule has 0 bridgehead atoms. The van der Waals surface area contributed by atoms with E-state index < -0.39 is 6.04 Å². The van der Waals surface area contributed by atoms with Crippen molar-refractivity contribution >= 4 is 40.7 Å². The molecule has 0 aliphatic rings. The molecule has 1 amide bonds.